The Hall–Kier alpha value is -3.14. The molecule has 0 radical (unpaired) electrons. The summed E-state index contributed by atoms with van der Waals surface area (Å²) in [4.78, 5) is 17.6. The quantitative estimate of drug-likeness (QED) is 0.374. The Morgan fingerprint density at radius 2 is 1.61 bits per heavy atom. The molecule has 2 aromatic carbocycles. The van der Waals surface area contributed by atoms with Gasteiger partial charge in [-0.1, -0.05) is 46.6 Å². The molecule has 0 aliphatic carbocycles. The topological polar surface area (TPSA) is 87.0 Å². The van der Waals surface area contributed by atoms with E-state index >= 15 is 0 Å². The fraction of sp³-hybridized carbons (Fsp3) is 0.419. The Labute approximate surface area is 247 Å². The number of aryl methyl sites for hydroxylation is 4. The lowest BCUT2D eigenvalue weighted by molar-refractivity contribution is -0.137. The number of hydrogen-bond acceptors (Lipinski definition) is 6. The van der Waals surface area contributed by atoms with Crippen LogP contribution in [0.25, 0.3) is 12.2 Å². The Kier molecular flexibility index (Phi) is 8.59. The van der Waals surface area contributed by atoms with E-state index in [4.69, 9.17) is 16.1 Å². The standard InChI is InChI=1S/C31H37ClN4O4S/c1-21-18-22(2)28(23(3)19-21)8-9-29-30(24(4)33-40-29)41(38,39)36-12-10-25(11-13-36)31(37)35-16-14-34(15-17-35)27-7-5-6-26(32)20-27/h5-9,18-20,25H,10-17H2,1-4H3/b9-8+. The van der Waals surface area contributed by atoms with Crippen LogP contribution in [-0.2, 0) is 14.8 Å². The highest BCUT2D eigenvalue weighted by Crippen LogP contribution is 2.31. The van der Waals surface area contributed by atoms with Crippen molar-refractivity contribution >= 4 is 45.4 Å². The summed E-state index contributed by atoms with van der Waals surface area (Å²) < 4.78 is 34.4. The van der Waals surface area contributed by atoms with Gasteiger partial charge in [0.25, 0.3) is 0 Å². The molecule has 2 aliphatic rings. The molecule has 41 heavy (non-hydrogen) atoms. The second kappa shape index (κ2) is 12.0. The molecule has 3 heterocycles. The van der Waals surface area contributed by atoms with Crippen molar-refractivity contribution in [3.8, 4) is 0 Å². The van der Waals surface area contributed by atoms with Gasteiger partial charge in [0.15, 0.2) is 10.7 Å². The van der Waals surface area contributed by atoms with Crippen LogP contribution in [0.5, 0.6) is 0 Å². The van der Waals surface area contributed by atoms with Crippen LogP contribution in [-0.4, -0.2) is 68.0 Å². The first-order valence-corrected chi connectivity index (χ1v) is 15.9. The molecule has 0 unspecified atom stereocenters. The van der Waals surface area contributed by atoms with Gasteiger partial charge in [-0.15, -0.1) is 0 Å². The van der Waals surface area contributed by atoms with E-state index in [0.717, 1.165) is 35.5 Å². The fourth-order valence-electron chi connectivity index (χ4n) is 6.00. The number of carbonyl (C=O) groups excluding carboxylic acids is 1. The third kappa shape index (κ3) is 6.22. The lowest BCUT2D eigenvalue weighted by Gasteiger charge is -2.39. The lowest BCUT2D eigenvalue weighted by Crippen LogP contribution is -2.52. The van der Waals surface area contributed by atoms with Crippen LogP contribution >= 0.6 is 11.6 Å². The summed E-state index contributed by atoms with van der Waals surface area (Å²) >= 11 is 6.15. The number of piperidine rings is 1. The minimum absolute atomic E-state index is 0.0954. The van der Waals surface area contributed by atoms with E-state index < -0.39 is 10.0 Å². The number of sulfonamides is 1. The monoisotopic (exact) mass is 596 g/mol. The van der Waals surface area contributed by atoms with Crippen molar-refractivity contribution in [3.05, 3.63) is 75.1 Å². The van der Waals surface area contributed by atoms with Crippen molar-refractivity contribution < 1.29 is 17.7 Å². The Morgan fingerprint density at radius 3 is 2.24 bits per heavy atom. The molecule has 0 bridgehead atoms. The summed E-state index contributed by atoms with van der Waals surface area (Å²) in [7, 11) is -3.84. The van der Waals surface area contributed by atoms with Gasteiger partial charge in [0.2, 0.25) is 15.9 Å². The highest BCUT2D eigenvalue weighted by atomic mass is 35.5. The first kappa shape index (κ1) is 29.4. The smallest absolute Gasteiger partial charge is 0.248 e. The fourth-order valence-corrected chi connectivity index (χ4v) is 7.90. The maximum absolute atomic E-state index is 13.7. The molecule has 3 aromatic rings. The van der Waals surface area contributed by atoms with Crippen molar-refractivity contribution in [1.82, 2.24) is 14.4 Å². The molecule has 0 saturated carbocycles. The first-order chi connectivity index (χ1) is 19.5. The van der Waals surface area contributed by atoms with Gasteiger partial charge in [-0.25, -0.2) is 8.42 Å². The number of halogens is 1. The summed E-state index contributed by atoms with van der Waals surface area (Å²) in [5, 5.41) is 4.68. The average Bonchev–Trinajstić information content (AvgIpc) is 3.33. The van der Waals surface area contributed by atoms with Crippen LogP contribution in [0.15, 0.2) is 45.8 Å². The number of piperazine rings is 1. The van der Waals surface area contributed by atoms with Crippen molar-refractivity contribution in [2.24, 2.45) is 5.92 Å². The molecule has 0 N–H and O–H groups in total. The van der Waals surface area contributed by atoms with E-state index in [-0.39, 0.29) is 35.6 Å². The van der Waals surface area contributed by atoms with E-state index in [2.05, 4.69) is 29.1 Å². The van der Waals surface area contributed by atoms with Gasteiger partial charge in [0, 0.05) is 55.9 Å². The first-order valence-electron chi connectivity index (χ1n) is 14.1. The molecule has 0 spiro atoms. The van der Waals surface area contributed by atoms with E-state index in [1.165, 1.54) is 9.87 Å². The molecule has 0 atom stereocenters. The van der Waals surface area contributed by atoms with Crippen molar-refractivity contribution in [2.75, 3.05) is 44.2 Å². The summed E-state index contributed by atoms with van der Waals surface area (Å²) in [5.41, 5.74) is 5.82. The summed E-state index contributed by atoms with van der Waals surface area (Å²) in [6.07, 6.45) is 4.56. The van der Waals surface area contributed by atoms with E-state index in [0.29, 0.717) is 36.6 Å². The summed E-state index contributed by atoms with van der Waals surface area (Å²) in [5.74, 6) is 0.147. The third-order valence-corrected chi connectivity index (χ3v) is 10.4. The van der Waals surface area contributed by atoms with Crippen LogP contribution in [0, 0.1) is 33.6 Å². The summed E-state index contributed by atoms with van der Waals surface area (Å²) in [6, 6.07) is 12.0. The molecular formula is C31H37ClN4O4S. The SMILES string of the molecule is Cc1cc(C)c(/C=C/c2onc(C)c2S(=O)(=O)N2CCC(C(=O)N3CCN(c4cccc(Cl)c4)CC3)CC2)c(C)c1. The largest absolute Gasteiger partial charge is 0.368 e. The van der Waals surface area contributed by atoms with Gasteiger partial charge in [0.1, 0.15) is 5.69 Å². The molecule has 2 fully saturated rings. The van der Waals surface area contributed by atoms with Crippen LogP contribution in [0.4, 0.5) is 5.69 Å². The van der Waals surface area contributed by atoms with Gasteiger partial charge in [-0.3, -0.25) is 4.79 Å². The zero-order valence-corrected chi connectivity index (χ0v) is 25.6. The van der Waals surface area contributed by atoms with Crippen LogP contribution in [0.2, 0.25) is 5.02 Å². The maximum atomic E-state index is 13.7. The minimum atomic E-state index is -3.84. The van der Waals surface area contributed by atoms with Crippen molar-refractivity contribution in [1.29, 1.82) is 0 Å². The Balaban J connectivity index is 1.22. The maximum Gasteiger partial charge on any atom is 0.248 e. The van der Waals surface area contributed by atoms with Gasteiger partial charge >= 0.3 is 0 Å². The number of aromatic nitrogens is 1. The highest BCUT2D eigenvalue weighted by molar-refractivity contribution is 7.89. The molecule has 5 rings (SSSR count). The predicted molar refractivity (Wildman–Crippen MR) is 163 cm³/mol. The number of hydrogen-bond donors (Lipinski definition) is 0. The van der Waals surface area contributed by atoms with Gasteiger partial charge in [-0.05, 0) is 81.5 Å². The van der Waals surface area contributed by atoms with E-state index in [1.54, 1.807) is 13.0 Å². The van der Waals surface area contributed by atoms with Gasteiger partial charge < -0.3 is 14.3 Å². The molecular weight excluding hydrogens is 560 g/mol. The number of rotatable bonds is 6. The van der Waals surface area contributed by atoms with Crippen molar-refractivity contribution in [2.45, 2.75) is 45.4 Å². The average molecular weight is 597 g/mol. The van der Waals surface area contributed by atoms with Gasteiger partial charge in [-0.2, -0.15) is 4.31 Å². The summed E-state index contributed by atoms with van der Waals surface area (Å²) in [6.45, 7) is 11.1. The molecule has 2 saturated heterocycles. The predicted octanol–water partition coefficient (Wildman–Crippen LogP) is 5.48. The molecule has 2 aliphatic heterocycles. The molecule has 218 valence electrons. The second-order valence-electron chi connectivity index (χ2n) is 11.1. The number of carbonyl (C=O) groups is 1. The molecule has 1 amide bonds. The Morgan fingerprint density at radius 1 is 0.951 bits per heavy atom. The Bertz CT molecular complexity index is 1540. The van der Waals surface area contributed by atoms with Crippen molar-refractivity contribution in [3.63, 3.8) is 0 Å². The molecule has 8 nitrogen and oxygen atoms in total. The second-order valence-corrected chi connectivity index (χ2v) is 13.4. The minimum Gasteiger partial charge on any atom is -0.368 e. The molecule has 10 heteroatoms. The third-order valence-electron chi connectivity index (χ3n) is 8.14. The normalized spacial score (nSPS) is 17.5. The van der Waals surface area contributed by atoms with Crippen LogP contribution in [0.3, 0.4) is 0 Å². The number of anilines is 1. The van der Waals surface area contributed by atoms with E-state index in [1.807, 2.05) is 49.1 Å². The lowest BCUT2D eigenvalue weighted by atomic mass is 9.96. The van der Waals surface area contributed by atoms with Gasteiger partial charge in [0.05, 0.1) is 0 Å². The number of amides is 1. The van der Waals surface area contributed by atoms with Crippen LogP contribution in [0.1, 0.15) is 46.5 Å². The van der Waals surface area contributed by atoms with Crippen LogP contribution < -0.4 is 4.90 Å². The number of benzene rings is 2. The number of nitrogens with zero attached hydrogens (tertiary/aromatic N) is 4. The zero-order valence-electron chi connectivity index (χ0n) is 24.1. The zero-order chi connectivity index (χ0) is 29.3. The van der Waals surface area contributed by atoms with E-state index in [9.17, 15) is 13.2 Å². The highest BCUT2D eigenvalue weighted by Gasteiger charge is 2.37. The molecule has 1 aromatic heterocycles.